The zero-order valence-electron chi connectivity index (χ0n) is 8.43. The molecule has 0 fully saturated rings. The van der Waals surface area contributed by atoms with E-state index in [9.17, 15) is 4.79 Å². The highest BCUT2D eigenvalue weighted by molar-refractivity contribution is 8.02. The molecule has 1 aromatic carbocycles. The van der Waals surface area contributed by atoms with Crippen molar-refractivity contribution in [1.29, 1.82) is 0 Å². The van der Waals surface area contributed by atoms with Gasteiger partial charge in [0.2, 0.25) is 0 Å². The van der Waals surface area contributed by atoms with Crippen LogP contribution in [0, 0.1) is 6.92 Å². The van der Waals surface area contributed by atoms with Gasteiger partial charge in [0.1, 0.15) is 5.70 Å². The van der Waals surface area contributed by atoms with Gasteiger partial charge in [-0.1, -0.05) is 18.2 Å². The maximum atomic E-state index is 11.2. The van der Waals surface area contributed by atoms with Gasteiger partial charge in [-0.2, -0.15) is 0 Å². The minimum atomic E-state index is -0.372. The lowest BCUT2D eigenvalue weighted by Gasteiger charge is -2.21. The fraction of sp³-hybridized carbons (Fsp3) is 0.182. The van der Waals surface area contributed by atoms with Crippen LogP contribution in [0.4, 0.5) is 5.69 Å². The summed E-state index contributed by atoms with van der Waals surface area (Å²) >= 11 is 1.59. The molecule has 0 unspecified atom stereocenters. The molecule has 4 heteroatoms. The molecular weight excluding hydrogens is 208 g/mol. The lowest BCUT2D eigenvalue weighted by Crippen LogP contribution is -2.28. The van der Waals surface area contributed by atoms with Gasteiger partial charge in [0.05, 0.1) is 5.88 Å². The number of benzene rings is 1. The SMILES string of the molecule is Cc1ccccc1N1CSC=C1C(N)=O. The van der Waals surface area contributed by atoms with Crippen LogP contribution < -0.4 is 10.6 Å². The number of carbonyl (C=O) groups is 1. The standard InChI is InChI=1S/C11H12N2OS/c1-8-4-2-3-5-9(8)13-7-15-6-10(13)11(12)14/h2-6H,7H2,1H3,(H2,12,14). The van der Waals surface area contributed by atoms with Crippen LogP contribution in [0.3, 0.4) is 0 Å². The molecule has 0 radical (unpaired) electrons. The Kier molecular flexibility index (Phi) is 2.68. The lowest BCUT2D eigenvalue weighted by atomic mass is 10.2. The van der Waals surface area contributed by atoms with Crippen LogP contribution in [-0.2, 0) is 4.79 Å². The Labute approximate surface area is 92.9 Å². The Hall–Kier alpha value is -1.42. The van der Waals surface area contributed by atoms with Gasteiger partial charge < -0.3 is 10.6 Å². The summed E-state index contributed by atoms with van der Waals surface area (Å²) in [6, 6.07) is 7.97. The molecule has 15 heavy (non-hydrogen) atoms. The van der Waals surface area contributed by atoms with Crippen molar-refractivity contribution in [2.45, 2.75) is 6.92 Å². The maximum Gasteiger partial charge on any atom is 0.265 e. The number of aryl methyl sites for hydroxylation is 1. The molecule has 0 spiro atoms. The number of thioether (sulfide) groups is 1. The summed E-state index contributed by atoms with van der Waals surface area (Å²) in [7, 11) is 0. The molecule has 0 saturated carbocycles. The third-order valence-corrected chi connectivity index (χ3v) is 3.15. The Balaban J connectivity index is 2.37. The number of anilines is 1. The second-order valence-electron chi connectivity index (χ2n) is 3.38. The maximum absolute atomic E-state index is 11.2. The molecule has 1 aliphatic heterocycles. The molecule has 0 aliphatic carbocycles. The summed E-state index contributed by atoms with van der Waals surface area (Å²) in [6.45, 7) is 2.02. The van der Waals surface area contributed by atoms with Crippen LogP contribution >= 0.6 is 11.8 Å². The van der Waals surface area contributed by atoms with E-state index in [2.05, 4.69) is 0 Å². The lowest BCUT2D eigenvalue weighted by molar-refractivity contribution is -0.114. The van der Waals surface area contributed by atoms with E-state index >= 15 is 0 Å². The van der Waals surface area contributed by atoms with E-state index in [0.717, 1.165) is 17.1 Å². The van der Waals surface area contributed by atoms with E-state index in [-0.39, 0.29) is 5.91 Å². The average Bonchev–Trinajstić information content (AvgIpc) is 2.67. The van der Waals surface area contributed by atoms with Gasteiger partial charge in [-0.15, -0.1) is 11.8 Å². The van der Waals surface area contributed by atoms with Gasteiger partial charge in [0.25, 0.3) is 5.91 Å². The Morgan fingerprint density at radius 3 is 2.87 bits per heavy atom. The third kappa shape index (κ3) is 1.85. The molecule has 1 heterocycles. The number of para-hydroxylation sites is 1. The molecule has 0 atom stereocenters. The summed E-state index contributed by atoms with van der Waals surface area (Å²) < 4.78 is 0. The zero-order chi connectivity index (χ0) is 10.8. The topological polar surface area (TPSA) is 46.3 Å². The van der Waals surface area contributed by atoms with Gasteiger partial charge >= 0.3 is 0 Å². The number of nitrogens with two attached hydrogens (primary N) is 1. The minimum Gasteiger partial charge on any atom is -0.364 e. The van der Waals surface area contributed by atoms with Gasteiger partial charge in [-0.25, -0.2) is 0 Å². The second kappa shape index (κ2) is 3.98. The molecule has 0 bridgehead atoms. The molecule has 1 amide bonds. The van der Waals surface area contributed by atoms with Crippen LogP contribution in [-0.4, -0.2) is 11.8 Å². The Bertz CT molecular complexity index is 428. The van der Waals surface area contributed by atoms with Gasteiger partial charge in [0, 0.05) is 11.1 Å². The predicted octanol–water partition coefficient (Wildman–Crippen LogP) is 1.83. The van der Waals surface area contributed by atoms with E-state index in [1.54, 1.807) is 11.8 Å². The molecule has 2 rings (SSSR count). The highest BCUT2D eigenvalue weighted by Crippen LogP contribution is 2.31. The average molecular weight is 220 g/mol. The van der Waals surface area contributed by atoms with Crippen LogP contribution in [0.1, 0.15) is 5.56 Å². The molecule has 78 valence electrons. The zero-order valence-corrected chi connectivity index (χ0v) is 9.25. The summed E-state index contributed by atoms with van der Waals surface area (Å²) in [5.74, 6) is 0.381. The highest BCUT2D eigenvalue weighted by Gasteiger charge is 2.22. The molecule has 0 aromatic heterocycles. The summed E-state index contributed by atoms with van der Waals surface area (Å²) in [6.07, 6.45) is 0. The number of nitrogens with zero attached hydrogens (tertiary/aromatic N) is 1. The first-order valence-corrected chi connectivity index (χ1v) is 5.70. The van der Waals surface area contributed by atoms with Crippen LogP contribution in [0.25, 0.3) is 0 Å². The molecule has 0 saturated heterocycles. The number of carbonyl (C=O) groups excluding carboxylic acids is 1. The van der Waals surface area contributed by atoms with E-state index < -0.39 is 0 Å². The van der Waals surface area contributed by atoms with Crippen molar-refractivity contribution in [3.63, 3.8) is 0 Å². The smallest absolute Gasteiger partial charge is 0.265 e. The number of hydrogen-bond acceptors (Lipinski definition) is 3. The monoisotopic (exact) mass is 220 g/mol. The van der Waals surface area contributed by atoms with Crippen molar-refractivity contribution < 1.29 is 4.79 Å². The van der Waals surface area contributed by atoms with Gasteiger partial charge in [-0.05, 0) is 18.6 Å². The molecule has 2 N–H and O–H groups in total. The summed E-state index contributed by atoms with van der Waals surface area (Å²) in [5, 5.41) is 1.81. The van der Waals surface area contributed by atoms with Gasteiger partial charge in [0.15, 0.2) is 0 Å². The van der Waals surface area contributed by atoms with Crippen molar-refractivity contribution >= 4 is 23.4 Å². The van der Waals surface area contributed by atoms with E-state index in [4.69, 9.17) is 5.73 Å². The van der Waals surface area contributed by atoms with Crippen molar-refractivity contribution in [2.75, 3.05) is 10.8 Å². The fourth-order valence-corrected chi connectivity index (χ4v) is 2.48. The first-order chi connectivity index (χ1) is 7.20. The predicted molar refractivity (Wildman–Crippen MR) is 63.4 cm³/mol. The van der Waals surface area contributed by atoms with Crippen molar-refractivity contribution in [3.05, 3.63) is 40.9 Å². The minimum absolute atomic E-state index is 0.372. The van der Waals surface area contributed by atoms with E-state index in [0.29, 0.717) is 5.70 Å². The fourth-order valence-electron chi connectivity index (χ4n) is 1.58. The van der Waals surface area contributed by atoms with E-state index in [1.807, 2.05) is 41.5 Å². The van der Waals surface area contributed by atoms with Crippen LogP contribution in [0.2, 0.25) is 0 Å². The molecule has 3 nitrogen and oxygen atoms in total. The van der Waals surface area contributed by atoms with Crippen molar-refractivity contribution in [2.24, 2.45) is 5.73 Å². The largest absolute Gasteiger partial charge is 0.364 e. The molecule has 1 aliphatic rings. The van der Waals surface area contributed by atoms with Crippen molar-refractivity contribution in [1.82, 2.24) is 0 Å². The Morgan fingerprint density at radius 2 is 2.20 bits per heavy atom. The summed E-state index contributed by atoms with van der Waals surface area (Å²) in [5.41, 5.74) is 8.09. The third-order valence-electron chi connectivity index (χ3n) is 2.35. The first-order valence-electron chi connectivity index (χ1n) is 4.65. The second-order valence-corrected chi connectivity index (χ2v) is 4.20. The number of amides is 1. The Morgan fingerprint density at radius 1 is 1.47 bits per heavy atom. The molecular formula is C11H12N2OS. The number of hydrogen-bond donors (Lipinski definition) is 1. The summed E-state index contributed by atoms with van der Waals surface area (Å²) in [4.78, 5) is 13.1. The van der Waals surface area contributed by atoms with Crippen LogP contribution in [0.15, 0.2) is 35.4 Å². The number of rotatable bonds is 2. The van der Waals surface area contributed by atoms with Gasteiger partial charge in [-0.3, -0.25) is 4.79 Å². The van der Waals surface area contributed by atoms with E-state index in [1.165, 1.54) is 0 Å². The highest BCUT2D eigenvalue weighted by atomic mass is 32.2. The first kappa shape index (κ1) is 10.1. The number of primary amides is 1. The normalized spacial score (nSPS) is 15.3. The molecule has 1 aromatic rings. The van der Waals surface area contributed by atoms with Crippen molar-refractivity contribution in [3.8, 4) is 0 Å². The quantitative estimate of drug-likeness (QED) is 0.827. The van der Waals surface area contributed by atoms with Crippen LogP contribution in [0.5, 0.6) is 0 Å².